The van der Waals surface area contributed by atoms with Crippen molar-refractivity contribution in [2.75, 3.05) is 0 Å². The van der Waals surface area contributed by atoms with Gasteiger partial charge in [0.1, 0.15) is 47.9 Å². The highest BCUT2D eigenvalue weighted by atomic mass is 32.1. The largest absolute Gasteiger partial charge is 0.459 e. The molecule has 0 saturated heterocycles. The van der Waals surface area contributed by atoms with E-state index in [-0.39, 0.29) is 101 Å². The highest BCUT2D eigenvalue weighted by molar-refractivity contribution is 7.17. The molecule has 2 aromatic heterocycles. The van der Waals surface area contributed by atoms with Gasteiger partial charge in [-0.05, 0) is 92.3 Å². The molecule has 16 nitrogen and oxygen atoms in total. The number of rotatable bonds is 14. The van der Waals surface area contributed by atoms with Gasteiger partial charge in [-0.2, -0.15) is 0 Å². The minimum absolute atomic E-state index is 0.0444. The van der Waals surface area contributed by atoms with E-state index >= 15 is 19.2 Å². The molecule has 0 radical (unpaired) electrons. The van der Waals surface area contributed by atoms with E-state index in [1.165, 1.54) is 12.1 Å². The number of fused-ring (bicyclic) bond motifs is 11. The number of carbonyl (C=O) groups is 4. The van der Waals surface area contributed by atoms with Crippen LogP contribution in [-0.2, 0) is 85.2 Å². The van der Waals surface area contributed by atoms with Gasteiger partial charge >= 0.3 is 35.1 Å². The number of nitrogens with zero attached hydrogens (tertiary/aromatic N) is 2. The summed E-state index contributed by atoms with van der Waals surface area (Å²) in [7, 11) is 0. The van der Waals surface area contributed by atoms with Crippen LogP contribution in [0.4, 0.5) is 10.0 Å². The lowest BCUT2D eigenvalue weighted by atomic mass is 9.75. The maximum atomic E-state index is 15.4. The average molecular weight is 1300 g/mol. The first-order chi connectivity index (χ1) is 46.8. The fourth-order valence-corrected chi connectivity index (χ4v) is 15.1. The molecule has 2 aliphatic carbocycles. The molecule has 12 aromatic rings. The van der Waals surface area contributed by atoms with Crippen molar-refractivity contribution in [1.82, 2.24) is 0 Å². The summed E-state index contributed by atoms with van der Waals surface area (Å²) in [6, 6.07) is 59.6. The molecular formula is C78H48N2O14S2. The van der Waals surface area contributed by atoms with Crippen LogP contribution in [0, 0.1) is 11.8 Å². The number of thiophene rings is 2. The summed E-state index contributed by atoms with van der Waals surface area (Å²) in [5.74, 6) is -5.86. The third kappa shape index (κ3) is 10.0. The summed E-state index contributed by atoms with van der Waals surface area (Å²) in [5, 5.41) is 3.07. The number of esters is 4. The van der Waals surface area contributed by atoms with Crippen LogP contribution in [0.3, 0.4) is 0 Å². The van der Waals surface area contributed by atoms with Crippen LogP contribution in [0.25, 0.3) is 54.2 Å². The second-order valence-corrected chi connectivity index (χ2v) is 25.6. The summed E-state index contributed by atoms with van der Waals surface area (Å²) >= 11 is 1.99. The van der Waals surface area contributed by atoms with Crippen LogP contribution in [0.2, 0.25) is 0 Å². The van der Waals surface area contributed by atoms with Gasteiger partial charge in [-0.15, -0.1) is 22.7 Å². The van der Waals surface area contributed by atoms with Crippen molar-refractivity contribution >= 4 is 111 Å². The molecular weight excluding hydrogens is 1250 g/mol. The van der Waals surface area contributed by atoms with Crippen molar-refractivity contribution in [3.05, 3.63) is 337 Å². The van der Waals surface area contributed by atoms with Crippen molar-refractivity contribution in [2.24, 2.45) is 21.8 Å². The van der Waals surface area contributed by atoms with Gasteiger partial charge in [-0.3, -0.25) is 19.2 Å². The first-order valence-corrected chi connectivity index (χ1v) is 32.3. The Balaban J connectivity index is 0.874. The van der Waals surface area contributed by atoms with E-state index in [9.17, 15) is 19.2 Å². The maximum absolute atomic E-state index is 15.4. The number of hydrogen-bond acceptors (Lipinski definition) is 18. The molecule has 0 bridgehead atoms. The minimum Gasteiger partial charge on any atom is -0.459 e. The van der Waals surface area contributed by atoms with Gasteiger partial charge < -0.3 is 28.4 Å². The molecule has 4 heterocycles. The molecule has 0 saturated carbocycles. The summed E-state index contributed by atoms with van der Waals surface area (Å²) in [6.45, 7) is -1.12. The van der Waals surface area contributed by atoms with Crippen LogP contribution >= 0.6 is 22.7 Å². The number of carbonyl (C=O) groups excluding carboxylic acids is 4. The van der Waals surface area contributed by atoms with Crippen molar-refractivity contribution in [3.63, 3.8) is 0 Å². The second kappa shape index (κ2) is 23.6. The highest BCUT2D eigenvalue weighted by Gasteiger charge is 2.62. The second-order valence-electron chi connectivity index (χ2n) is 23.6. The molecule has 0 amide bonds. The molecule has 16 rings (SSSR count). The summed E-state index contributed by atoms with van der Waals surface area (Å²) in [5.41, 5.74) is -4.80. The zero-order valence-corrected chi connectivity index (χ0v) is 52.0. The van der Waals surface area contributed by atoms with Gasteiger partial charge in [0.25, 0.3) is 0 Å². The van der Waals surface area contributed by atoms with E-state index in [1.807, 2.05) is 60.7 Å². The molecule has 10 aromatic carbocycles. The van der Waals surface area contributed by atoms with Gasteiger partial charge in [0.2, 0.25) is 21.7 Å². The van der Waals surface area contributed by atoms with E-state index in [2.05, 4.69) is 0 Å². The lowest BCUT2D eigenvalue weighted by molar-refractivity contribution is -0.191. The van der Waals surface area contributed by atoms with Gasteiger partial charge in [0.05, 0.1) is 0 Å². The number of ether oxygens (including phenoxy) is 6. The molecule has 4 aliphatic rings. The van der Waals surface area contributed by atoms with Crippen LogP contribution in [0.15, 0.2) is 271 Å². The van der Waals surface area contributed by atoms with E-state index in [0.717, 1.165) is 44.2 Å². The molecule has 0 fully saturated rings. The summed E-state index contributed by atoms with van der Waals surface area (Å²) in [6.07, 6.45) is 7.08. The van der Waals surface area contributed by atoms with Crippen LogP contribution in [0.5, 0.6) is 0 Å². The van der Waals surface area contributed by atoms with Crippen molar-refractivity contribution in [1.29, 1.82) is 0 Å². The lowest BCUT2D eigenvalue weighted by Gasteiger charge is -2.41. The standard InChI is InChI=1S/C78H48N2O14S2/c81-67-53-29-47-25-13-14-26-48(47)30-54(53)68(82)65(67)79-63-37-59-71(95-63)57-33-52-36-62-58(34-51(52)35-61(57)93-77(59,73(85)89-39-43-17-5-1-6-18-43)74(86)90-40-44-19-7-2-8-20-44)72-60(38-64(96-72)80-66-69(83)55-31-49-27-15-16-28-50(49)32-56(55)70(66)84)78(94-62,75(87)91-41-45-21-9-3-10-22-45)76(88)92-42-46-23-11-4-12-24-46/h1-38,51-52H,39-42H2. The Kier molecular flexibility index (Phi) is 14.6. The minimum atomic E-state index is -2.69. The van der Waals surface area contributed by atoms with Crippen LogP contribution in [-0.4, -0.2) is 23.9 Å². The maximum Gasteiger partial charge on any atom is 0.367 e. The molecule has 96 heavy (non-hydrogen) atoms. The third-order valence-electron chi connectivity index (χ3n) is 17.6. The number of benzene rings is 8. The molecule has 2 atom stereocenters. The van der Waals surface area contributed by atoms with E-state index in [1.54, 1.807) is 158 Å². The van der Waals surface area contributed by atoms with Crippen LogP contribution < -0.4 is 32.4 Å². The molecule has 18 heteroatoms. The zero-order chi connectivity index (χ0) is 65.4. The first-order valence-electron chi connectivity index (χ1n) is 30.6. The Morgan fingerprint density at radius 1 is 0.365 bits per heavy atom. The fraction of sp³-hybridized carbons (Fsp3) is 0.103. The molecule has 2 aliphatic heterocycles. The third-order valence-corrected chi connectivity index (χ3v) is 19.8. The molecule has 466 valence electrons. The smallest absolute Gasteiger partial charge is 0.367 e. The summed E-state index contributed by atoms with van der Waals surface area (Å²) < 4.78 is 38.2. The Morgan fingerprint density at radius 3 is 0.917 bits per heavy atom. The first kappa shape index (κ1) is 59.2. The highest BCUT2D eigenvalue weighted by Crippen LogP contribution is 2.57. The molecule has 2 unspecified atom stereocenters. The van der Waals surface area contributed by atoms with Gasteiger partial charge in [0, 0.05) is 65.4 Å². The van der Waals surface area contributed by atoms with E-state index in [0.29, 0.717) is 33.4 Å². The van der Waals surface area contributed by atoms with E-state index in [4.69, 9.17) is 38.4 Å². The van der Waals surface area contributed by atoms with Crippen LogP contribution in [0.1, 0.15) is 43.1 Å². The Hall–Kier alpha value is -11.9. The quantitative estimate of drug-likeness (QED) is 0.0562. The zero-order valence-electron chi connectivity index (χ0n) is 50.3. The fourth-order valence-electron chi connectivity index (χ4n) is 12.8. The SMILES string of the molecule is O=C(OCc1ccccc1)C1(C(=O)OCc2ccccc2)OC2=CC3C=C4C(=CC3C=C2c2sc(N=c3c(=O)c5cc6ccccc6cc5c3=O)cc21)OC(C(=O)OCc1ccccc1)(C(=O)OCc1ccccc1)c1cc(N=c2c(=O)c3cc5ccccc5cc3c2=O)sc14. The van der Waals surface area contributed by atoms with Crippen molar-refractivity contribution < 1.29 is 47.6 Å². The van der Waals surface area contributed by atoms with Crippen molar-refractivity contribution in [2.45, 2.75) is 37.6 Å². The van der Waals surface area contributed by atoms with E-state index < -0.39 is 68.6 Å². The van der Waals surface area contributed by atoms with Gasteiger partial charge in [0.15, 0.2) is 10.7 Å². The van der Waals surface area contributed by atoms with Gasteiger partial charge in [-0.1, -0.05) is 182 Å². The summed E-state index contributed by atoms with van der Waals surface area (Å²) in [4.78, 5) is 129. The number of hydrogen-bond donors (Lipinski definition) is 0. The normalized spacial score (nSPS) is 16.2. The molecule has 0 N–H and O–H groups in total. The van der Waals surface area contributed by atoms with Crippen molar-refractivity contribution in [3.8, 4) is 0 Å². The Bertz CT molecular complexity index is 5150. The van der Waals surface area contributed by atoms with Gasteiger partial charge in [-0.25, -0.2) is 29.2 Å². The Morgan fingerprint density at radius 2 is 0.635 bits per heavy atom. The predicted octanol–water partition coefficient (Wildman–Crippen LogP) is 12.0. The predicted molar refractivity (Wildman–Crippen MR) is 361 cm³/mol. The monoisotopic (exact) mass is 1300 g/mol. The average Bonchev–Trinajstić information content (AvgIpc) is 1.27. The molecule has 0 spiro atoms. The topological polar surface area (TPSA) is 217 Å². The lowest BCUT2D eigenvalue weighted by Crippen LogP contribution is -2.51. The number of allylic oxidation sites excluding steroid dienone is 6. The Labute approximate surface area is 551 Å².